The zero-order valence-electron chi connectivity index (χ0n) is 11.6. The van der Waals surface area contributed by atoms with E-state index in [0.29, 0.717) is 5.96 Å². The molecule has 110 valence electrons. The van der Waals surface area contributed by atoms with Gasteiger partial charge in [0.05, 0.1) is 0 Å². The third kappa shape index (κ3) is 3.06. The molecule has 0 aromatic heterocycles. The molecule has 2 bridgehead atoms. The predicted octanol–water partition coefficient (Wildman–Crippen LogP) is 0.208. The van der Waals surface area contributed by atoms with Crippen molar-refractivity contribution in [2.75, 3.05) is 0 Å². The Kier molecular flexibility index (Phi) is 4.21. The number of carbonyl (C=O) groups is 1. The van der Waals surface area contributed by atoms with Crippen LogP contribution >= 0.6 is 0 Å². The van der Waals surface area contributed by atoms with Crippen LogP contribution < -0.4 is 16.5 Å². The van der Waals surface area contributed by atoms with Gasteiger partial charge in [0.25, 0.3) is 0 Å². The van der Waals surface area contributed by atoms with Gasteiger partial charge in [0.2, 0.25) is 5.96 Å². The number of primary amides is 1. The summed E-state index contributed by atoms with van der Waals surface area (Å²) in [6, 6.07) is 0.189. The molecule has 2 saturated heterocycles. The highest BCUT2D eigenvalue weighted by molar-refractivity contribution is 5.93. The Labute approximate surface area is 118 Å². The summed E-state index contributed by atoms with van der Waals surface area (Å²) in [7, 11) is 0. The van der Waals surface area contributed by atoms with Gasteiger partial charge in [-0.3, -0.25) is 5.41 Å². The number of piperidine rings is 1. The van der Waals surface area contributed by atoms with Gasteiger partial charge in [-0.2, -0.15) is 10.1 Å². The Bertz CT molecular complexity index is 433. The van der Waals surface area contributed by atoms with Crippen LogP contribution in [0.25, 0.3) is 0 Å². The third-order valence-corrected chi connectivity index (χ3v) is 3.78. The van der Waals surface area contributed by atoms with E-state index in [9.17, 15) is 4.79 Å². The summed E-state index contributed by atoms with van der Waals surface area (Å²) in [5, 5.41) is 14.0. The van der Waals surface area contributed by atoms with Gasteiger partial charge < -0.3 is 16.0 Å². The fraction of sp³-hybridized carbons (Fsp3) is 0.667. The first-order valence-electron chi connectivity index (χ1n) is 6.71. The van der Waals surface area contributed by atoms with Crippen LogP contribution in [0, 0.1) is 5.41 Å². The van der Waals surface area contributed by atoms with E-state index in [1.54, 1.807) is 6.92 Å². The molecule has 2 aliphatic rings. The molecule has 2 fully saturated rings. The molecule has 3 atom stereocenters. The van der Waals surface area contributed by atoms with Gasteiger partial charge in [-0.05, 0) is 32.6 Å². The van der Waals surface area contributed by atoms with Crippen molar-refractivity contribution < 1.29 is 4.79 Å². The quantitative estimate of drug-likeness (QED) is 0.328. The Morgan fingerprint density at radius 3 is 2.45 bits per heavy atom. The molecule has 2 rings (SSSR count). The van der Waals surface area contributed by atoms with Gasteiger partial charge in [-0.1, -0.05) is 0 Å². The summed E-state index contributed by atoms with van der Waals surface area (Å²) >= 11 is 0. The molecule has 0 radical (unpaired) electrons. The van der Waals surface area contributed by atoms with Crippen molar-refractivity contribution in [2.45, 2.75) is 50.7 Å². The second-order valence-corrected chi connectivity index (χ2v) is 5.26. The SMILES string of the molecule is C=NN/C(=N\C(C)=N)N1C2CC[C@@H]1CC(NC(N)=O)C2. The number of rotatable bonds is 2. The topological polar surface area (TPSA) is 119 Å². The van der Waals surface area contributed by atoms with E-state index in [1.165, 1.54) is 0 Å². The van der Waals surface area contributed by atoms with E-state index < -0.39 is 6.03 Å². The van der Waals surface area contributed by atoms with Gasteiger partial charge in [-0.25, -0.2) is 10.2 Å². The highest BCUT2D eigenvalue weighted by Crippen LogP contribution is 2.35. The van der Waals surface area contributed by atoms with Gasteiger partial charge in [0.15, 0.2) is 0 Å². The number of fused-ring (bicyclic) bond motifs is 2. The normalized spacial score (nSPS) is 28.9. The van der Waals surface area contributed by atoms with E-state index in [1.807, 2.05) is 0 Å². The maximum atomic E-state index is 11.0. The summed E-state index contributed by atoms with van der Waals surface area (Å²) in [6.07, 6.45) is 3.73. The van der Waals surface area contributed by atoms with E-state index in [2.05, 4.69) is 32.5 Å². The fourth-order valence-corrected chi connectivity index (χ4v) is 3.21. The van der Waals surface area contributed by atoms with Crippen LogP contribution in [-0.4, -0.2) is 47.6 Å². The van der Waals surface area contributed by atoms with Crippen molar-refractivity contribution in [3.63, 3.8) is 0 Å². The molecule has 2 heterocycles. The minimum absolute atomic E-state index is 0.111. The molecule has 0 aromatic rings. The number of urea groups is 1. The molecule has 2 amide bonds. The number of aliphatic imine (C=N–C) groups is 1. The molecule has 20 heavy (non-hydrogen) atoms. The maximum Gasteiger partial charge on any atom is 0.312 e. The number of hydrogen-bond donors (Lipinski definition) is 4. The molecule has 0 saturated carbocycles. The molecule has 8 nitrogen and oxygen atoms in total. The highest BCUT2D eigenvalue weighted by Gasteiger charge is 2.42. The number of guanidine groups is 1. The summed E-state index contributed by atoms with van der Waals surface area (Å²) in [6.45, 7) is 5.03. The van der Waals surface area contributed by atoms with E-state index in [4.69, 9.17) is 11.1 Å². The lowest BCUT2D eigenvalue weighted by Gasteiger charge is -2.40. The van der Waals surface area contributed by atoms with Crippen LogP contribution in [-0.2, 0) is 0 Å². The smallest absolute Gasteiger partial charge is 0.312 e. The lowest BCUT2D eigenvalue weighted by atomic mass is 9.98. The Balaban J connectivity index is 2.13. The number of nitrogens with two attached hydrogens (primary N) is 1. The molecule has 5 N–H and O–H groups in total. The molecular formula is C12H21N7O. The second-order valence-electron chi connectivity index (χ2n) is 5.26. The predicted molar refractivity (Wildman–Crippen MR) is 77.9 cm³/mol. The largest absolute Gasteiger partial charge is 0.352 e. The van der Waals surface area contributed by atoms with Gasteiger partial charge in [0.1, 0.15) is 5.84 Å². The molecule has 2 aliphatic heterocycles. The average molecular weight is 279 g/mol. The monoisotopic (exact) mass is 279 g/mol. The fourth-order valence-electron chi connectivity index (χ4n) is 3.21. The molecular weight excluding hydrogens is 258 g/mol. The molecule has 0 aliphatic carbocycles. The summed E-state index contributed by atoms with van der Waals surface area (Å²) in [5.41, 5.74) is 7.97. The maximum absolute atomic E-state index is 11.0. The summed E-state index contributed by atoms with van der Waals surface area (Å²) in [4.78, 5) is 17.3. The van der Waals surface area contributed by atoms with Crippen LogP contribution in [0.15, 0.2) is 10.1 Å². The lowest BCUT2D eigenvalue weighted by Crippen LogP contribution is -2.55. The number of hydrazone groups is 1. The summed E-state index contributed by atoms with van der Waals surface area (Å²) < 4.78 is 0. The molecule has 0 spiro atoms. The van der Waals surface area contributed by atoms with Crippen LogP contribution in [0.3, 0.4) is 0 Å². The second kappa shape index (κ2) is 5.89. The van der Waals surface area contributed by atoms with Gasteiger partial charge in [-0.15, -0.1) is 0 Å². The lowest BCUT2D eigenvalue weighted by molar-refractivity contribution is 0.189. The van der Waals surface area contributed by atoms with Crippen molar-refractivity contribution in [1.29, 1.82) is 5.41 Å². The number of nitrogens with zero attached hydrogens (tertiary/aromatic N) is 3. The first-order chi connectivity index (χ1) is 9.51. The van der Waals surface area contributed by atoms with E-state index in [-0.39, 0.29) is 24.0 Å². The van der Waals surface area contributed by atoms with Crippen molar-refractivity contribution >= 4 is 24.5 Å². The molecule has 0 aromatic carbocycles. The van der Waals surface area contributed by atoms with Crippen molar-refractivity contribution in [2.24, 2.45) is 15.8 Å². The third-order valence-electron chi connectivity index (χ3n) is 3.78. The van der Waals surface area contributed by atoms with Gasteiger partial charge >= 0.3 is 6.03 Å². The van der Waals surface area contributed by atoms with Crippen molar-refractivity contribution in [3.8, 4) is 0 Å². The zero-order chi connectivity index (χ0) is 14.7. The minimum Gasteiger partial charge on any atom is -0.352 e. The van der Waals surface area contributed by atoms with Crippen LogP contribution in [0.4, 0.5) is 4.79 Å². The molecule has 8 heteroatoms. The number of carbonyl (C=O) groups excluding carboxylic acids is 1. The average Bonchev–Trinajstić information content (AvgIpc) is 2.59. The first-order valence-corrected chi connectivity index (χ1v) is 6.71. The minimum atomic E-state index is -0.474. The van der Waals surface area contributed by atoms with Gasteiger partial charge in [0, 0.05) is 24.8 Å². The van der Waals surface area contributed by atoms with Crippen LogP contribution in [0.2, 0.25) is 0 Å². The van der Waals surface area contributed by atoms with E-state index in [0.717, 1.165) is 25.7 Å². The Hall–Kier alpha value is -2.12. The first kappa shape index (κ1) is 14.3. The van der Waals surface area contributed by atoms with Crippen molar-refractivity contribution in [3.05, 3.63) is 0 Å². The number of amides is 2. The zero-order valence-corrected chi connectivity index (χ0v) is 11.6. The number of hydrogen-bond acceptors (Lipinski definition) is 3. The summed E-state index contributed by atoms with van der Waals surface area (Å²) in [5.74, 6) is 0.783. The standard InChI is InChI=1S/C12H21N7O/c1-7(13)16-12(18-15-2)19-9-3-4-10(19)6-8(5-9)17-11(14)20/h8-10H,2-6H2,1H3,(H2,13,16,18)(H3,14,17,20)/t8?,9-,10?/m1/s1. The molecule has 2 unspecified atom stereocenters. The van der Waals surface area contributed by atoms with Crippen LogP contribution in [0.1, 0.15) is 32.6 Å². The number of amidine groups is 1. The Morgan fingerprint density at radius 2 is 2.00 bits per heavy atom. The Morgan fingerprint density at radius 1 is 1.40 bits per heavy atom. The number of nitrogens with one attached hydrogen (secondary N) is 3. The van der Waals surface area contributed by atoms with Crippen LogP contribution in [0.5, 0.6) is 0 Å². The van der Waals surface area contributed by atoms with E-state index >= 15 is 0 Å². The van der Waals surface area contributed by atoms with Crippen molar-refractivity contribution in [1.82, 2.24) is 15.6 Å². The highest BCUT2D eigenvalue weighted by atomic mass is 16.2.